The summed E-state index contributed by atoms with van der Waals surface area (Å²) < 4.78 is 0. The Morgan fingerprint density at radius 2 is 2.25 bits per heavy atom. The van der Waals surface area contributed by atoms with E-state index in [0.29, 0.717) is 6.42 Å². The highest BCUT2D eigenvalue weighted by molar-refractivity contribution is 5.98. The zero-order chi connectivity index (χ0) is 11.5. The third-order valence-electron chi connectivity index (χ3n) is 2.85. The number of aryl methyl sites for hydroxylation is 1. The zero-order valence-corrected chi connectivity index (χ0v) is 9.00. The number of para-hydroxylation sites is 1. The van der Waals surface area contributed by atoms with Crippen molar-refractivity contribution in [1.82, 2.24) is 0 Å². The predicted octanol–water partition coefficient (Wildman–Crippen LogP) is 2.27. The summed E-state index contributed by atoms with van der Waals surface area (Å²) in [6.07, 6.45) is 1.33. The first-order valence-electron chi connectivity index (χ1n) is 5.13. The van der Waals surface area contributed by atoms with E-state index in [1.165, 1.54) is 0 Å². The average Bonchev–Trinajstić information content (AvgIpc) is 2.43. The predicted molar refractivity (Wildman–Crippen MR) is 61.1 cm³/mol. The fourth-order valence-corrected chi connectivity index (χ4v) is 1.98. The highest BCUT2D eigenvalue weighted by Crippen LogP contribution is 2.26. The minimum absolute atomic E-state index is 0.136. The van der Waals surface area contributed by atoms with E-state index in [2.05, 4.69) is 10.0 Å². The number of nitrogens with zero attached hydrogens (tertiary/aromatic N) is 4. The number of amides is 1. The van der Waals surface area contributed by atoms with Gasteiger partial charge in [-0.15, -0.1) is 0 Å². The van der Waals surface area contributed by atoms with Crippen molar-refractivity contribution in [2.75, 3.05) is 11.9 Å². The van der Waals surface area contributed by atoms with Gasteiger partial charge in [0, 0.05) is 17.6 Å². The molecule has 1 atom stereocenters. The molecule has 0 spiro atoms. The number of hydrogen-bond donors (Lipinski definition) is 0. The van der Waals surface area contributed by atoms with Crippen molar-refractivity contribution in [3.05, 3.63) is 40.3 Å². The van der Waals surface area contributed by atoms with Crippen LogP contribution < -0.4 is 4.90 Å². The first kappa shape index (κ1) is 10.5. The van der Waals surface area contributed by atoms with Crippen LogP contribution in [0.4, 0.5) is 5.69 Å². The molecule has 1 aliphatic heterocycles. The smallest absolute Gasteiger partial charge is 0.235 e. The molecule has 0 bridgehead atoms. The molecule has 1 unspecified atom stereocenters. The maximum absolute atomic E-state index is 12.0. The molecule has 1 heterocycles. The summed E-state index contributed by atoms with van der Waals surface area (Å²) in [4.78, 5) is 16.3. The van der Waals surface area contributed by atoms with Gasteiger partial charge >= 0.3 is 0 Å². The summed E-state index contributed by atoms with van der Waals surface area (Å²) in [5.74, 6) is -0.136. The third kappa shape index (κ3) is 1.73. The summed E-state index contributed by atoms with van der Waals surface area (Å²) in [7, 11) is 1.71. The van der Waals surface area contributed by atoms with Gasteiger partial charge in [-0.3, -0.25) is 4.79 Å². The largest absolute Gasteiger partial charge is 0.315 e. The van der Waals surface area contributed by atoms with Crippen LogP contribution in [0, 0.1) is 0 Å². The standard InChI is InChI=1S/C11H12N4O/c1-15-10-5-3-2-4-8(10)6-7-9(11(15)16)13-14-12/h2-5,9H,6-7H2,1H3. The van der Waals surface area contributed by atoms with E-state index in [1.54, 1.807) is 11.9 Å². The maximum Gasteiger partial charge on any atom is 0.235 e. The van der Waals surface area contributed by atoms with Crippen molar-refractivity contribution in [3.8, 4) is 0 Å². The molecule has 5 nitrogen and oxygen atoms in total. The minimum Gasteiger partial charge on any atom is -0.315 e. The number of likely N-dealkylation sites (N-methyl/N-ethyl adjacent to an activating group) is 1. The lowest BCUT2D eigenvalue weighted by molar-refractivity contribution is -0.119. The molecule has 0 N–H and O–H groups in total. The van der Waals surface area contributed by atoms with Gasteiger partial charge in [-0.05, 0) is 30.0 Å². The van der Waals surface area contributed by atoms with Crippen molar-refractivity contribution in [2.45, 2.75) is 18.9 Å². The first-order valence-corrected chi connectivity index (χ1v) is 5.13. The fraction of sp³-hybridized carbons (Fsp3) is 0.364. The van der Waals surface area contributed by atoms with Crippen LogP contribution in [0.3, 0.4) is 0 Å². The molecule has 2 rings (SSSR count). The van der Waals surface area contributed by atoms with Gasteiger partial charge in [0.05, 0.1) is 0 Å². The Morgan fingerprint density at radius 1 is 1.50 bits per heavy atom. The SMILES string of the molecule is CN1C(=O)C(N=[N+]=[N-])CCc2ccccc21. The van der Waals surface area contributed by atoms with Crippen molar-refractivity contribution >= 4 is 11.6 Å². The van der Waals surface area contributed by atoms with E-state index in [0.717, 1.165) is 17.7 Å². The quantitative estimate of drug-likeness (QED) is 0.403. The van der Waals surface area contributed by atoms with Crippen LogP contribution in [-0.2, 0) is 11.2 Å². The first-order chi connectivity index (χ1) is 7.74. The molecule has 1 aromatic rings. The molecule has 82 valence electrons. The number of benzene rings is 1. The number of carbonyl (C=O) groups excluding carboxylic acids is 1. The number of rotatable bonds is 1. The lowest BCUT2D eigenvalue weighted by Gasteiger charge is -2.18. The molecule has 1 aliphatic rings. The molecule has 0 radical (unpaired) electrons. The molecule has 0 aliphatic carbocycles. The number of carbonyl (C=O) groups is 1. The van der Waals surface area contributed by atoms with E-state index < -0.39 is 6.04 Å². The van der Waals surface area contributed by atoms with Gasteiger partial charge in [-0.2, -0.15) is 0 Å². The number of azide groups is 1. The molecule has 0 saturated heterocycles. The van der Waals surface area contributed by atoms with Gasteiger partial charge in [0.2, 0.25) is 5.91 Å². The monoisotopic (exact) mass is 216 g/mol. The summed E-state index contributed by atoms with van der Waals surface area (Å²) in [6.45, 7) is 0. The molecule has 1 aromatic carbocycles. The van der Waals surface area contributed by atoms with Crippen LogP contribution >= 0.6 is 0 Å². The van der Waals surface area contributed by atoms with E-state index in [4.69, 9.17) is 5.53 Å². The van der Waals surface area contributed by atoms with E-state index in [9.17, 15) is 4.79 Å². The Labute approximate surface area is 93.3 Å². The van der Waals surface area contributed by atoms with Crippen molar-refractivity contribution in [3.63, 3.8) is 0 Å². The Balaban J connectivity index is 2.41. The van der Waals surface area contributed by atoms with Crippen LogP contribution in [0.2, 0.25) is 0 Å². The highest BCUT2D eigenvalue weighted by atomic mass is 16.2. The van der Waals surface area contributed by atoms with Gasteiger partial charge in [-0.25, -0.2) is 0 Å². The Kier molecular flexibility index (Phi) is 2.79. The van der Waals surface area contributed by atoms with Gasteiger partial charge in [-0.1, -0.05) is 23.3 Å². The molecule has 1 amide bonds. The molecule has 0 fully saturated rings. The molecule has 0 saturated carbocycles. The molecule has 16 heavy (non-hydrogen) atoms. The topological polar surface area (TPSA) is 69.1 Å². The average molecular weight is 216 g/mol. The Bertz CT molecular complexity index is 465. The van der Waals surface area contributed by atoms with Gasteiger partial charge in [0.1, 0.15) is 6.04 Å². The van der Waals surface area contributed by atoms with Crippen LogP contribution in [0.5, 0.6) is 0 Å². The lowest BCUT2D eigenvalue weighted by atomic mass is 10.1. The normalized spacial score (nSPS) is 19.7. The number of fused-ring (bicyclic) bond motifs is 1. The third-order valence-corrected chi connectivity index (χ3v) is 2.85. The van der Waals surface area contributed by atoms with E-state index in [-0.39, 0.29) is 5.91 Å². The summed E-state index contributed by atoms with van der Waals surface area (Å²) in [5.41, 5.74) is 10.4. The Hall–Kier alpha value is -2.00. The second-order valence-corrected chi connectivity index (χ2v) is 3.79. The van der Waals surface area contributed by atoms with Crippen LogP contribution in [0.1, 0.15) is 12.0 Å². The maximum atomic E-state index is 12.0. The second kappa shape index (κ2) is 4.24. The highest BCUT2D eigenvalue weighted by Gasteiger charge is 2.26. The minimum atomic E-state index is -0.581. The summed E-state index contributed by atoms with van der Waals surface area (Å²) in [6, 6.07) is 7.17. The van der Waals surface area contributed by atoms with Crippen LogP contribution in [-0.4, -0.2) is 19.0 Å². The molecular weight excluding hydrogens is 204 g/mol. The van der Waals surface area contributed by atoms with Gasteiger partial charge < -0.3 is 4.90 Å². The molecular formula is C11H12N4O. The van der Waals surface area contributed by atoms with E-state index >= 15 is 0 Å². The van der Waals surface area contributed by atoms with E-state index in [1.807, 2.05) is 24.3 Å². The summed E-state index contributed by atoms with van der Waals surface area (Å²) in [5, 5.41) is 3.55. The lowest BCUT2D eigenvalue weighted by Crippen LogP contribution is -2.33. The fourth-order valence-electron chi connectivity index (χ4n) is 1.98. The van der Waals surface area contributed by atoms with Gasteiger partial charge in [0.15, 0.2) is 0 Å². The zero-order valence-electron chi connectivity index (χ0n) is 9.00. The van der Waals surface area contributed by atoms with Crippen molar-refractivity contribution < 1.29 is 4.79 Å². The molecule has 5 heteroatoms. The van der Waals surface area contributed by atoms with Crippen molar-refractivity contribution in [1.29, 1.82) is 0 Å². The summed E-state index contributed by atoms with van der Waals surface area (Å²) >= 11 is 0. The Morgan fingerprint density at radius 3 is 3.00 bits per heavy atom. The van der Waals surface area contributed by atoms with Crippen molar-refractivity contribution in [2.24, 2.45) is 5.11 Å². The second-order valence-electron chi connectivity index (χ2n) is 3.79. The number of anilines is 1. The number of hydrogen-bond acceptors (Lipinski definition) is 2. The van der Waals surface area contributed by atoms with Gasteiger partial charge in [0.25, 0.3) is 0 Å². The molecule has 0 aromatic heterocycles. The van der Waals surface area contributed by atoms with Crippen LogP contribution in [0.25, 0.3) is 10.4 Å². The van der Waals surface area contributed by atoms with Crippen LogP contribution in [0.15, 0.2) is 29.4 Å².